The van der Waals surface area contributed by atoms with Gasteiger partial charge in [0.2, 0.25) is 0 Å². The molecular weight excluding hydrogens is 588 g/mol. The van der Waals surface area contributed by atoms with Crippen LogP contribution in [0.4, 0.5) is 0 Å². The Morgan fingerprint density at radius 1 is 1.00 bits per heavy atom. The number of benzene rings is 2. The molecule has 0 bridgehead atoms. The largest absolute Gasteiger partial charge is 0.493 e. The Kier molecular flexibility index (Phi) is 9.13. The number of methoxy groups -OCH3 is 2. The third-order valence-electron chi connectivity index (χ3n) is 5.88. The lowest BCUT2D eigenvalue weighted by Gasteiger charge is -2.23. The van der Waals surface area contributed by atoms with Crippen molar-refractivity contribution >= 4 is 39.3 Å². The lowest BCUT2D eigenvalue weighted by Crippen LogP contribution is -2.39. The summed E-state index contributed by atoms with van der Waals surface area (Å²) in [5.41, 5.74) is 1.31. The third-order valence-corrected chi connectivity index (χ3v) is 7.56. The van der Waals surface area contributed by atoms with Gasteiger partial charge in [-0.15, -0.1) is 0 Å². The first-order valence-corrected chi connectivity index (χ1v) is 14.0. The number of nitrogens with zero attached hydrogens (tertiary/aromatic N) is 2. The molecule has 39 heavy (non-hydrogen) atoms. The summed E-state index contributed by atoms with van der Waals surface area (Å²) >= 11 is 4.79. The highest BCUT2D eigenvalue weighted by atomic mass is 79.9. The molecule has 3 aromatic rings. The molecule has 0 spiro atoms. The first-order valence-electron chi connectivity index (χ1n) is 12.4. The van der Waals surface area contributed by atoms with Crippen LogP contribution in [0.15, 0.2) is 56.4 Å². The summed E-state index contributed by atoms with van der Waals surface area (Å²) < 4.78 is 30.3. The molecule has 4 rings (SSSR count). The second kappa shape index (κ2) is 12.5. The van der Waals surface area contributed by atoms with E-state index in [4.69, 9.17) is 23.7 Å². The molecule has 2 heterocycles. The van der Waals surface area contributed by atoms with Crippen molar-refractivity contribution in [2.45, 2.75) is 26.8 Å². The summed E-state index contributed by atoms with van der Waals surface area (Å²) in [7, 11) is 2.86. The fourth-order valence-corrected chi connectivity index (χ4v) is 5.61. The van der Waals surface area contributed by atoms with E-state index in [1.807, 2.05) is 26.8 Å². The zero-order valence-corrected chi connectivity index (χ0v) is 24.7. The molecule has 1 aromatic heterocycles. The maximum absolute atomic E-state index is 13.8. The van der Waals surface area contributed by atoms with Gasteiger partial charge in [-0.3, -0.25) is 9.36 Å². The summed E-state index contributed by atoms with van der Waals surface area (Å²) in [5, 5.41) is 0. The summed E-state index contributed by atoms with van der Waals surface area (Å²) in [4.78, 5) is 31.5. The highest BCUT2D eigenvalue weighted by molar-refractivity contribution is 9.10. The molecule has 1 atom stereocenters. The number of halogens is 1. The van der Waals surface area contributed by atoms with E-state index in [2.05, 4.69) is 20.9 Å². The lowest BCUT2D eigenvalue weighted by molar-refractivity contribution is -0.136. The topological polar surface area (TPSA) is 97.6 Å². The van der Waals surface area contributed by atoms with E-state index in [-0.39, 0.29) is 11.1 Å². The Balaban J connectivity index is 1.90. The van der Waals surface area contributed by atoms with E-state index in [1.54, 1.807) is 37.5 Å². The number of rotatable bonds is 10. The summed E-state index contributed by atoms with van der Waals surface area (Å²) in [6, 6.07) is 8.20. The van der Waals surface area contributed by atoms with Crippen LogP contribution in [0.5, 0.6) is 23.0 Å². The van der Waals surface area contributed by atoms with E-state index < -0.39 is 12.0 Å². The SMILES string of the molecule is CCOc1cc(Br)c(/C=c2\sc3n(c2=O)[C@H](c2ccc(OCC)c(OCC)c2)C(C(=O)OC)=CN=3)cc1OC. The minimum Gasteiger partial charge on any atom is -0.493 e. The van der Waals surface area contributed by atoms with Crippen LogP contribution in [0.3, 0.4) is 0 Å². The van der Waals surface area contributed by atoms with Crippen molar-refractivity contribution in [2.24, 2.45) is 4.99 Å². The third kappa shape index (κ3) is 5.74. The highest BCUT2D eigenvalue weighted by Crippen LogP contribution is 2.36. The van der Waals surface area contributed by atoms with Crippen molar-refractivity contribution in [1.29, 1.82) is 0 Å². The molecule has 0 saturated heterocycles. The second-order valence-corrected chi connectivity index (χ2v) is 10.1. The van der Waals surface area contributed by atoms with Crippen molar-refractivity contribution < 1.29 is 28.5 Å². The standard InChI is InChI=1S/C28H29BrN2O7S/c1-6-36-20-10-9-16(11-22(20)37-7-2)25-18(27(33)35-5)15-30-28-31(25)26(32)24(39-28)13-17-12-21(34-4)23(38-8-3)14-19(17)29/h9-15,25H,6-8H2,1-5H3/b24-13-/t25-/m1/s1. The summed E-state index contributed by atoms with van der Waals surface area (Å²) in [6.45, 7) is 7.03. The Morgan fingerprint density at radius 3 is 2.31 bits per heavy atom. The number of carbonyl (C=O) groups is 1. The molecule has 206 valence electrons. The van der Waals surface area contributed by atoms with Crippen LogP contribution in [-0.2, 0) is 9.53 Å². The zero-order valence-electron chi connectivity index (χ0n) is 22.3. The molecule has 2 aromatic carbocycles. The van der Waals surface area contributed by atoms with Crippen LogP contribution >= 0.6 is 27.3 Å². The van der Waals surface area contributed by atoms with Gasteiger partial charge in [0.25, 0.3) is 5.56 Å². The first kappa shape index (κ1) is 28.4. The van der Waals surface area contributed by atoms with Gasteiger partial charge in [-0.1, -0.05) is 33.3 Å². The number of hydrogen-bond acceptors (Lipinski definition) is 9. The smallest absolute Gasteiger partial charge is 0.337 e. The van der Waals surface area contributed by atoms with Crippen molar-refractivity contribution in [2.75, 3.05) is 34.0 Å². The number of carbonyl (C=O) groups excluding carboxylic acids is 1. The van der Waals surface area contributed by atoms with E-state index in [1.165, 1.54) is 29.2 Å². The van der Waals surface area contributed by atoms with Crippen molar-refractivity contribution in [1.82, 2.24) is 4.57 Å². The molecule has 11 heteroatoms. The van der Waals surface area contributed by atoms with Gasteiger partial charge in [0, 0.05) is 10.7 Å². The van der Waals surface area contributed by atoms with Crippen LogP contribution in [-0.4, -0.2) is 44.6 Å². The fourth-order valence-electron chi connectivity index (χ4n) is 4.22. The van der Waals surface area contributed by atoms with Gasteiger partial charge in [-0.25, -0.2) is 9.79 Å². The van der Waals surface area contributed by atoms with Gasteiger partial charge in [0.05, 0.1) is 50.2 Å². The molecule has 0 aliphatic carbocycles. The molecule has 0 saturated carbocycles. The fraction of sp³-hybridized carbons (Fsp3) is 0.321. The lowest BCUT2D eigenvalue weighted by atomic mass is 9.97. The van der Waals surface area contributed by atoms with E-state index >= 15 is 0 Å². The van der Waals surface area contributed by atoms with E-state index in [0.29, 0.717) is 57.7 Å². The summed E-state index contributed by atoms with van der Waals surface area (Å²) in [5.74, 6) is 1.65. The van der Waals surface area contributed by atoms with Crippen molar-refractivity contribution in [3.63, 3.8) is 0 Å². The van der Waals surface area contributed by atoms with Crippen LogP contribution in [0.25, 0.3) is 6.08 Å². The van der Waals surface area contributed by atoms with Crippen LogP contribution in [0.1, 0.15) is 37.9 Å². The molecule has 1 aliphatic rings. The maximum Gasteiger partial charge on any atom is 0.337 e. The summed E-state index contributed by atoms with van der Waals surface area (Å²) in [6.07, 6.45) is 3.22. The monoisotopic (exact) mass is 616 g/mol. The van der Waals surface area contributed by atoms with Gasteiger partial charge in [0.15, 0.2) is 27.8 Å². The maximum atomic E-state index is 13.8. The quantitative estimate of drug-likeness (QED) is 0.318. The number of fused-ring (bicyclic) bond motifs is 1. The van der Waals surface area contributed by atoms with E-state index in [0.717, 1.165) is 10.0 Å². The van der Waals surface area contributed by atoms with Crippen molar-refractivity contribution in [3.05, 3.63) is 77.4 Å². The Bertz CT molecular complexity index is 1590. The Labute approximate surface area is 238 Å². The molecule has 0 fully saturated rings. The number of thiazole rings is 1. The minimum atomic E-state index is -0.774. The molecule has 0 unspecified atom stereocenters. The Hall–Kier alpha value is -3.57. The number of aromatic nitrogens is 1. The average Bonchev–Trinajstić information content (AvgIpc) is 3.25. The molecule has 9 nitrogen and oxygen atoms in total. The molecule has 0 N–H and O–H groups in total. The predicted octanol–water partition coefficient (Wildman–Crippen LogP) is 3.99. The number of ether oxygens (including phenoxy) is 5. The van der Waals surface area contributed by atoms with Crippen LogP contribution < -0.4 is 33.8 Å². The molecule has 1 aliphatic heterocycles. The molecular formula is C28H29BrN2O7S. The first-order chi connectivity index (χ1) is 18.9. The average molecular weight is 618 g/mol. The zero-order chi connectivity index (χ0) is 28.1. The van der Waals surface area contributed by atoms with Gasteiger partial charge in [-0.2, -0.15) is 0 Å². The van der Waals surface area contributed by atoms with Gasteiger partial charge in [0.1, 0.15) is 0 Å². The molecule has 0 amide bonds. The Morgan fingerprint density at radius 2 is 1.67 bits per heavy atom. The second-order valence-electron chi connectivity index (χ2n) is 8.21. The predicted molar refractivity (Wildman–Crippen MR) is 152 cm³/mol. The minimum absolute atomic E-state index is 0.229. The van der Waals surface area contributed by atoms with Gasteiger partial charge < -0.3 is 23.7 Å². The molecule has 0 radical (unpaired) electrons. The van der Waals surface area contributed by atoms with Gasteiger partial charge in [-0.05, 0) is 62.2 Å². The normalized spacial score (nSPS) is 14.7. The van der Waals surface area contributed by atoms with E-state index in [9.17, 15) is 9.59 Å². The van der Waals surface area contributed by atoms with Gasteiger partial charge >= 0.3 is 5.97 Å². The number of hydrogen-bond donors (Lipinski definition) is 0. The van der Waals surface area contributed by atoms with Crippen molar-refractivity contribution in [3.8, 4) is 23.0 Å². The highest BCUT2D eigenvalue weighted by Gasteiger charge is 2.31. The number of esters is 1. The van der Waals surface area contributed by atoms with Crippen LogP contribution in [0, 0.1) is 0 Å². The van der Waals surface area contributed by atoms with Crippen LogP contribution in [0.2, 0.25) is 0 Å².